The van der Waals surface area contributed by atoms with E-state index in [0.29, 0.717) is 47.0 Å². The van der Waals surface area contributed by atoms with E-state index in [2.05, 4.69) is 5.32 Å². The third-order valence-corrected chi connectivity index (χ3v) is 6.51. The lowest BCUT2D eigenvalue weighted by Gasteiger charge is -2.30. The predicted molar refractivity (Wildman–Crippen MR) is 146 cm³/mol. The number of methoxy groups -OCH3 is 2. The van der Waals surface area contributed by atoms with Crippen LogP contribution in [0.25, 0.3) is 16.6 Å². The number of carbonyl (C=O) groups is 1. The summed E-state index contributed by atoms with van der Waals surface area (Å²) in [5.74, 6) is 1.10. The highest BCUT2D eigenvalue weighted by Crippen LogP contribution is 2.25. The van der Waals surface area contributed by atoms with Crippen LogP contribution in [0.1, 0.15) is 29.9 Å². The van der Waals surface area contributed by atoms with Crippen molar-refractivity contribution in [1.29, 1.82) is 0 Å². The fraction of sp³-hybridized carbons (Fsp3) is 0.276. The molecule has 0 radical (unpaired) electrons. The first-order chi connectivity index (χ1) is 17.8. The zero-order valence-corrected chi connectivity index (χ0v) is 21.8. The largest absolute Gasteiger partial charge is 0.497 e. The van der Waals surface area contributed by atoms with Gasteiger partial charge in [0.25, 0.3) is 5.56 Å². The topological polar surface area (TPSA) is 85.7 Å². The molecule has 4 aromatic rings. The number of amides is 2. The lowest BCUT2D eigenvalue weighted by atomic mass is 10.1. The number of aryl methyl sites for hydroxylation is 2. The number of nitrogens with zero attached hydrogens (tertiary/aromatic N) is 3. The Labute approximate surface area is 216 Å². The van der Waals surface area contributed by atoms with Crippen LogP contribution < -0.4 is 15.6 Å². The fourth-order valence-electron chi connectivity index (χ4n) is 4.24. The first-order valence-corrected chi connectivity index (χ1v) is 12.1. The van der Waals surface area contributed by atoms with Crippen LogP contribution in [0, 0.1) is 13.8 Å². The van der Waals surface area contributed by atoms with Crippen molar-refractivity contribution >= 4 is 22.6 Å². The third-order valence-electron chi connectivity index (χ3n) is 6.51. The van der Waals surface area contributed by atoms with Gasteiger partial charge in [0, 0.05) is 25.4 Å². The number of benzene rings is 3. The van der Waals surface area contributed by atoms with Crippen molar-refractivity contribution < 1.29 is 14.3 Å². The van der Waals surface area contributed by atoms with Crippen molar-refractivity contribution in [3.8, 4) is 11.4 Å². The molecule has 8 nitrogen and oxygen atoms in total. The number of ether oxygens (including phenoxy) is 2. The first-order valence-electron chi connectivity index (χ1n) is 12.1. The van der Waals surface area contributed by atoms with Crippen LogP contribution in [-0.4, -0.2) is 47.9 Å². The Kier molecular flexibility index (Phi) is 7.89. The molecule has 8 heteroatoms. The van der Waals surface area contributed by atoms with Crippen LogP contribution in [0.3, 0.4) is 0 Å². The van der Waals surface area contributed by atoms with Crippen molar-refractivity contribution in [2.45, 2.75) is 26.8 Å². The zero-order chi connectivity index (χ0) is 26.5. The van der Waals surface area contributed by atoms with Crippen LogP contribution >= 0.6 is 0 Å². The number of nitrogens with one attached hydrogen (secondary N) is 1. The second kappa shape index (κ2) is 11.3. The van der Waals surface area contributed by atoms with Crippen molar-refractivity contribution in [3.05, 3.63) is 94.0 Å². The van der Waals surface area contributed by atoms with E-state index in [1.165, 1.54) is 0 Å². The molecule has 1 N–H and O–H groups in total. The van der Waals surface area contributed by atoms with Gasteiger partial charge in [0.05, 0.1) is 36.3 Å². The van der Waals surface area contributed by atoms with Gasteiger partial charge >= 0.3 is 6.03 Å². The van der Waals surface area contributed by atoms with E-state index in [-0.39, 0.29) is 11.6 Å². The summed E-state index contributed by atoms with van der Waals surface area (Å²) in [4.78, 5) is 33.8. The third kappa shape index (κ3) is 5.49. The van der Waals surface area contributed by atoms with E-state index in [0.717, 1.165) is 11.1 Å². The number of anilines is 1. The maximum Gasteiger partial charge on any atom is 0.322 e. The van der Waals surface area contributed by atoms with Crippen LogP contribution in [0.2, 0.25) is 0 Å². The quantitative estimate of drug-likeness (QED) is 0.357. The van der Waals surface area contributed by atoms with E-state index in [9.17, 15) is 9.59 Å². The SMILES string of the molecule is COCCN(C(=O)Nc1cccc(OC)c1)C(C)c1nc2ccccc2c(=O)n1-c1ccc(C)c(C)c1. The minimum Gasteiger partial charge on any atom is -0.497 e. The molecule has 0 saturated carbocycles. The number of urea groups is 1. The van der Waals surface area contributed by atoms with Gasteiger partial charge in [-0.15, -0.1) is 0 Å². The van der Waals surface area contributed by atoms with E-state index >= 15 is 0 Å². The van der Waals surface area contributed by atoms with Gasteiger partial charge in [0.2, 0.25) is 0 Å². The van der Waals surface area contributed by atoms with Gasteiger partial charge < -0.3 is 19.7 Å². The lowest BCUT2D eigenvalue weighted by Crippen LogP contribution is -2.41. The zero-order valence-electron chi connectivity index (χ0n) is 21.8. The Morgan fingerprint density at radius 3 is 2.54 bits per heavy atom. The van der Waals surface area contributed by atoms with Gasteiger partial charge in [-0.05, 0) is 68.3 Å². The summed E-state index contributed by atoms with van der Waals surface area (Å²) >= 11 is 0. The molecular formula is C29H32N4O4. The standard InChI is InChI=1S/C29H32N4O4/c1-19-13-14-23(17-20(19)2)33-27(31-26-12-7-6-11-25(26)28(33)34)21(3)32(15-16-36-4)29(35)30-22-9-8-10-24(18-22)37-5/h6-14,17-18,21H,15-16H2,1-5H3,(H,30,35). The highest BCUT2D eigenvalue weighted by Gasteiger charge is 2.27. The van der Waals surface area contributed by atoms with Crippen molar-refractivity contribution in [2.75, 3.05) is 32.7 Å². The molecule has 37 heavy (non-hydrogen) atoms. The Balaban J connectivity index is 1.83. The highest BCUT2D eigenvalue weighted by molar-refractivity contribution is 5.90. The Hall–Kier alpha value is -4.17. The highest BCUT2D eigenvalue weighted by atomic mass is 16.5. The molecule has 1 aromatic heterocycles. The summed E-state index contributed by atoms with van der Waals surface area (Å²) in [6.45, 7) is 6.52. The number of carbonyl (C=O) groups excluding carboxylic acids is 1. The molecular weight excluding hydrogens is 468 g/mol. The first kappa shape index (κ1) is 25.9. The normalized spacial score (nSPS) is 11.8. The Morgan fingerprint density at radius 2 is 1.81 bits per heavy atom. The maximum absolute atomic E-state index is 13.8. The van der Waals surface area contributed by atoms with Crippen LogP contribution in [0.5, 0.6) is 5.75 Å². The summed E-state index contributed by atoms with van der Waals surface area (Å²) in [7, 11) is 3.16. The lowest BCUT2D eigenvalue weighted by molar-refractivity contribution is 0.137. The summed E-state index contributed by atoms with van der Waals surface area (Å²) in [6, 6.07) is 19.4. The van der Waals surface area contributed by atoms with Gasteiger partial charge in [0.1, 0.15) is 11.6 Å². The van der Waals surface area contributed by atoms with Crippen LogP contribution in [0.15, 0.2) is 71.5 Å². The molecule has 0 aliphatic rings. The molecule has 1 unspecified atom stereocenters. The molecule has 0 aliphatic carbocycles. The second-order valence-corrected chi connectivity index (χ2v) is 8.92. The van der Waals surface area contributed by atoms with Crippen molar-refractivity contribution in [1.82, 2.24) is 14.5 Å². The number of hydrogen-bond acceptors (Lipinski definition) is 5. The van der Waals surface area contributed by atoms with E-state index in [4.69, 9.17) is 14.5 Å². The van der Waals surface area contributed by atoms with Gasteiger partial charge in [-0.25, -0.2) is 9.78 Å². The Bertz CT molecular complexity index is 1480. The minimum atomic E-state index is -0.556. The molecule has 2 amide bonds. The van der Waals surface area contributed by atoms with E-state index < -0.39 is 6.04 Å². The molecule has 4 rings (SSSR count). The van der Waals surface area contributed by atoms with Crippen LogP contribution in [0.4, 0.5) is 10.5 Å². The van der Waals surface area contributed by atoms with Gasteiger partial charge in [-0.3, -0.25) is 9.36 Å². The summed E-state index contributed by atoms with van der Waals surface area (Å²) in [5.41, 5.74) is 3.87. The van der Waals surface area contributed by atoms with Gasteiger partial charge in [-0.1, -0.05) is 24.3 Å². The second-order valence-electron chi connectivity index (χ2n) is 8.92. The Morgan fingerprint density at radius 1 is 1.03 bits per heavy atom. The average molecular weight is 501 g/mol. The maximum atomic E-state index is 13.8. The summed E-state index contributed by atoms with van der Waals surface area (Å²) in [6.07, 6.45) is 0. The minimum absolute atomic E-state index is 0.185. The van der Waals surface area contributed by atoms with Gasteiger partial charge in [-0.2, -0.15) is 0 Å². The number of fused-ring (bicyclic) bond motifs is 1. The summed E-state index contributed by atoms with van der Waals surface area (Å²) < 4.78 is 12.2. The molecule has 0 aliphatic heterocycles. The summed E-state index contributed by atoms with van der Waals surface area (Å²) in [5, 5.41) is 3.45. The number of aromatic nitrogens is 2. The van der Waals surface area contributed by atoms with Crippen molar-refractivity contribution in [2.24, 2.45) is 0 Å². The molecule has 0 bridgehead atoms. The smallest absolute Gasteiger partial charge is 0.322 e. The molecule has 3 aromatic carbocycles. The average Bonchev–Trinajstić information content (AvgIpc) is 2.90. The van der Waals surface area contributed by atoms with Gasteiger partial charge in [0.15, 0.2) is 0 Å². The molecule has 192 valence electrons. The number of rotatable bonds is 8. The molecule has 0 spiro atoms. The van der Waals surface area contributed by atoms with Crippen LogP contribution in [-0.2, 0) is 4.74 Å². The van der Waals surface area contributed by atoms with E-state index in [1.54, 1.807) is 48.0 Å². The fourth-order valence-corrected chi connectivity index (χ4v) is 4.24. The number of hydrogen-bond donors (Lipinski definition) is 1. The molecule has 1 atom stereocenters. The molecule has 0 saturated heterocycles. The monoisotopic (exact) mass is 500 g/mol. The van der Waals surface area contributed by atoms with E-state index in [1.807, 2.05) is 63.2 Å². The molecule has 0 fully saturated rings. The molecule has 1 heterocycles. The van der Waals surface area contributed by atoms with Crippen molar-refractivity contribution in [3.63, 3.8) is 0 Å². The predicted octanol–water partition coefficient (Wildman–Crippen LogP) is 5.25. The number of para-hydroxylation sites is 1.